The number of Topliss-reactive ketones (excluding diaryl/α,β-unsaturated/α-hetero) is 1. The summed E-state index contributed by atoms with van der Waals surface area (Å²) >= 11 is 3.14. The number of hydrogen-bond donors (Lipinski definition) is 1. The van der Waals surface area contributed by atoms with Crippen LogP contribution in [0.2, 0.25) is 0 Å². The summed E-state index contributed by atoms with van der Waals surface area (Å²) in [6.07, 6.45) is 0. The second-order valence-electron chi connectivity index (χ2n) is 1.75. The van der Waals surface area contributed by atoms with Crippen molar-refractivity contribution in [3.63, 3.8) is 0 Å². The van der Waals surface area contributed by atoms with Crippen LogP contribution in [0.15, 0.2) is 10.2 Å². The number of ketones is 1. The van der Waals surface area contributed by atoms with Gasteiger partial charge in [-0.1, -0.05) is 0 Å². The van der Waals surface area contributed by atoms with Crippen LogP contribution in [0.5, 0.6) is 0 Å². The van der Waals surface area contributed by atoms with Crippen molar-refractivity contribution in [1.82, 2.24) is 5.32 Å². The lowest BCUT2D eigenvalue weighted by Crippen LogP contribution is -2.06. The van der Waals surface area contributed by atoms with Crippen molar-refractivity contribution in [3.05, 3.63) is 10.2 Å². The molecule has 0 fully saturated rings. The van der Waals surface area contributed by atoms with E-state index in [4.69, 9.17) is 0 Å². The molecule has 0 rings (SSSR count). The van der Waals surface area contributed by atoms with E-state index < -0.39 is 0 Å². The molecule has 0 saturated carbocycles. The highest BCUT2D eigenvalue weighted by molar-refractivity contribution is 9.12. The topological polar surface area (TPSA) is 29.1 Å². The molecule has 0 aliphatic rings. The molecule has 0 saturated heterocycles. The van der Waals surface area contributed by atoms with Crippen LogP contribution in [0.3, 0.4) is 0 Å². The van der Waals surface area contributed by atoms with Crippen molar-refractivity contribution in [3.8, 4) is 0 Å². The van der Waals surface area contributed by atoms with E-state index in [1.54, 1.807) is 7.05 Å². The zero-order valence-corrected chi connectivity index (χ0v) is 7.37. The average molecular weight is 192 g/mol. The van der Waals surface area contributed by atoms with Crippen molar-refractivity contribution in [2.75, 3.05) is 7.05 Å². The fraction of sp³-hybridized carbons (Fsp3) is 0.500. The normalized spacial score (nSPS) is 12.4. The molecule has 3 heteroatoms. The molecule has 0 aliphatic heterocycles. The molecule has 0 unspecified atom stereocenters. The van der Waals surface area contributed by atoms with Gasteiger partial charge < -0.3 is 5.32 Å². The van der Waals surface area contributed by atoms with Crippen molar-refractivity contribution < 1.29 is 4.79 Å². The van der Waals surface area contributed by atoms with Crippen molar-refractivity contribution in [1.29, 1.82) is 0 Å². The molecule has 0 aliphatic carbocycles. The molecule has 2 nitrogen and oxygen atoms in total. The molecule has 52 valence electrons. The number of carbonyl (C=O) groups is 1. The summed E-state index contributed by atoms with van der Waals surface area (Å²) in [6.45, 7) is 3.36. The van der Waals surface area contributed by atoms with E-state index in [2.05, 4.69) is 21.2 Å². The van der Waals surface area contributed by atoms with Gasteiger partial charge in [0.15, 0.2) is 5.78 Å². The van der Waals surface area contributed by atoms with E-state index >= 15 is 0 Å². The number of carbonyl (C=O) groups excluding carboxylic acids is 1. The van der Waals surface area contributed by atoms with Gasteiger partial charge in [-0.05, 0) is 29.8 Å². The molecule has 0 radical (unpaired) electrons. The van der Waals surface area contributed by atoms with Gasteiger partial charge in [0.25, 0.3) is 0 Å². The first-order valence-electron chi connectivity index (χ1n) is 2.64. The van der Waals surface area contributed by atoms with Gasteiger partial charge in [-0.15, -0.1) is 0 Å². The van der Waals surface area contributed by atoms with Gasteiger partial charge >= 0.3 is 0 Å². The second-order valence-corrected chi connectivity index (χ2v) is 2.54. The van der Waals surface area contributed by atoms with Gasteiger partial charge in [-0.2, -0.15) is 0 Å². The van der Waals surface area contributed by atoms with E-state index in [9.17, 15) is 4.79 Å². The summed E-state index contributed by atoms with van der Waals surface area (Å²) in [5, 5.41) is 2.86. The first kappa shape index (κ1) is 8.69. The van der Waals surface area contributed by atoms with Crippen LogP contribution < -0.4 is 5.32 Å². The predicted octanol–water partition coefficient (Wildman–Crippen LogP) is 1.42. The standard InChI is InChI=1S/C6H10BrNO/c1-4(8-3)6(7)5(2)9/h8H,1-3H3/b6-4+. The van der Waals surface area contributed by atoms with Gasteiger partial charge in [0.2, 0.25) is 0 Å². The van der Waals surface area contributed by atoms with Gasteiger partial charge in [0, 0.05) is 12.7 Å². The van der Waals surface area contributed by atoms with E-state index in [1.807, 2.05) is 6.92 Å². The van der Waals surface area contributed by atoms with Crippen LogP contribution in [0.1, 0.15) is 13.8 Å². The summed E-state index contributed by atoms with van der Waals surface area (Å²) in [6, 6.07) is 0. The number of nitrogens with one attached hydrogen (secondary N) is 1. The zero-order valence-electron chi connectivity index (χ0n) is 5.79. The molecular weight excluding hydrogens is 182 g/mol. The van der Waals surface area contributed by atoms with Gasteiger partial charge in [-0.3, -0.25) is 4.79 Å². The third kappa shape index (κ3) is 2.65. The lowest BCUT2D eigenvalue weighted by Gasteiger charge is -1.99. The van der Waals surface area contributed by atoms with E-state index in [-0.39, 0.29) is 5.78 Å². The Morgan fingerprint density at radius 2 is 1.89 bits per heavy atom. The maximum absolute atomic E-state index is 10.6. The number of allylic oxidation sites excluding steroid dienone is 2. The first-order valence-corrected chi connectivity index (χ1v) is 3.44. The van der Waals surface area contributed by atoms with Gasteiger partial charge in [-0.25, -0.2) is 0 Å². The van der Waals surface area contributed by atoms with E-state index in [0.29, 0.717) is 4.48 Å². The lowest BCUT2D eigenvalue weighted by atomic mass is 10.3. The summed E-state index contributed by atoms with van der Waals surface area (Å²) in [5.74, 6) is 0.0434. The molecule has 0 bridgehead atoms. The maximum Gasteiger partial charge on any atom is 0.168 e. The smallest absolute Gasteiger partial charge is 0.168 e. The zero-order chi connectivity index (χ0) is 7.44. The maximum atomic E-state index is 10.6. The van der Waals surface area contributed by atoms with Crippen molar-refractivity contribution in [2.24, 2.45) is 0 Å². The Hall–Kier alpha value is -0.310. The molecule has 0 aromatic rings. The molecule has 1 N–H and O–H groups in total. The van der Waals surface area contributed by atoms with Gasteiger partial charge in [0.1, 0.15) is 0 Å². The lowest BCUT2D eigenvalue weighted by molar-refractivity contribution is -0.112. The average Bonchev–Trinajstić information content (AvgIpc) is 1.84. The minimum Gasteiger partial charge on any atom is -0.391 e. The molecule has 0 aromatic carbocycles. The summed E-state index contributed by atoms with van der Waals surface area (Å²) in [4.78, 5) is 10.6. The quantitative estimate of drug-likeness (QED) is 0.670. The highest BCUT2D eigenvalue weighted by atomic mass is 79.9. The van der Waals surface area contributed by atoms with Crippen LogP contribution in [0, 0.1) is 0 Å². The highest BCUT2D eigenvalue weighted by Gasteiger charge is 2.00. The minimum atomic E-state index is 0.0434. The van der Waals surface area contributed by atoms with Gasteiger partial charge in [0.05, 0.1) is 4.48 Å². The van der Waals surface area contributed by atoms with Crippen LogP contribution in [0.25, 0.3) is 0 Å². The van der Waals surface area contributed by atoms with E-state index in [0.717, 1.165) is 5.70 Å². The van der Waals surface area contributed by atoms with Crippen molar-refractivity contribution in [2.45, 2.75) is 13.8 Å². The summed E-state index contributed by atoms with van der Waals surface area (Å²) in [5.41, 5.74) is 0.863. The molecule has 0 spiro atoms. The summed E-state index contributed by atoms with van der Waals surface area (Å²) in [7, 11) is 1.78. The van der Waals surface area contributed by atoms with E-state index in [1.165, 1.54) is 6.92 Å². The Bertz CT molecular complexity index is 151. The molecule has 0 atom stereocenters. The first-order chi connectivity index (χ1) is 4.09. The molecule has 0 aromatic heterocycles. The Morgan fingerprint density at radius 3 is 2.00 bits per heavy atom. The van der Waals surface area contributed by atoms with Crippen LogP contribution in [0.4, 0.5) is 0 Å². The molecule has 0 heterocycles. The van der Waals surface area contributed by atoms with Crippen molar-refractivity contribution >= 4 is 21.7 Å². The SMILES string of the molecule is CN/C(C)=C(/Br)C(C)=O. The Kier molecular flexibility index (Phi) is 3.54. The monoisotopic (exact) mass is 191 g/mol. The Morgan fingerprint density at radius 1 is 1.44 bits per heavy atom. The number of hydrogen-bond acceptors (Lipinski definition) is 2. The fourth-order valence-electron chi connectivity index (χ4n) is 0.374. The van der Waals surface area contributed by atoms with Crippen LogP contribution in [-0.4, -0.2) is 12.8 Å². The Labute approximate surface area is 63.5 Å². The third-order valence-electron chi connectivity index (χ3n) is 1.01. The largest absolute Gasteiger partial charge is 0.391 e. The third-order valence-corrected chi connectivity index (χ3v) is 2.17. The number of rotatable bonds is 2. The van der Waals surface area contributed by atoms with Crippen LogP contribution in [-0.2, 0) is 4.79 Å². The second kappa shape index (κ2) is 3.67. The molecular formula is C6H10BrNO. The molecule has 9 heavy (non-hydrogen) atoms. The Balaban J connectivity index is 4.28. The fourth-order valence-corrected chi connectivity index (χ4v) is 0.572. The summed E-state index contributed by atoms with van der Waals surface area (Å²) < 4.78 is 0.616. The van der Waals surface area contributed by atoms with Crippen LogP contribution >= 0.6 is 15.9 Å². The predicted molar refractivity (Wildman–Crippen MR) is 41.4 cm³/mol. The molecule has 0 amide bonds. The highest BCUT2D eigenvalue weighted by Crippen LogP contribution is 2.09. The number of halogens is 1. The minimum absolute atomic E-state index is 0.0434.